The van der Waals surface area contributed by atoms with Gasteiger partial charge in [-0.1, -0.05) is 18.2 Å². The van der Waals surface area contributed by atoms with Crippen LogP contribution in [0.5, 0.6) is 0 Å². The maximum absolute atomic E-state index is 10.6. The van der Waals surface area contributed by atoms with Gasteiger partial charge in [0.25, 0.3) is 5.69 Å². The van der Waals surface area contributed by atoms with E-state index in [1.54, 1.807) is 12.1 Å². The van der Waals surface area contributed by atoms with Gasteiger partial charge in [-0.05, 0) is 26.4 Å². The molecule has 0 saturated heterocycles. The van der Waals surface area contributed by atoms with Gasteiger partial charge >= 0.3 is 0 Å². The van der Waals surface area contributed by atoms with Crippen molar-refractivity contribution in [2.24, 2.45) is 0 Å². The van der Waals surface area contributed by atoms with Crippen LogP contribution in [-0.4, -0.2) is 18.5 Å². The van der Waals surface area contributed by atoms with Crippen molar-refractivity contribution in [3.63, 3.8) is 0 Å². The van der Waals surface area contributed by atoms with Crippen molar-refractivity contribution >= 4 is 5.69 Å². The Morgan fingerprint density at radius 2 is 2.14 bits per heavy atom. The van der Waals surface area contributed by atoms with Gasteiger partial charge in [-0.3, -0.25) is 10.1 Å². The van der Waals surface area contributed by atoms with Crippen LogP contribution in [0, 0.1) is 10.1 Å². The summed E-state index contributed by atoms with van der Waals surface area (Å²) in [6.45, 7) is 0.881. The number of rotatable bonds is 5. The molecule has 0 unspecified atom stereocenters. The third-order valence-corrected chi connectivity index (χ3v) is 2.06. The number of nitrogens with one attached hydrogen (secondary N) is 1. The summed E-state index contributed by atoms with van der Waals surface area (Å²) in [6, 6.07) is 6.89. The molecule has 0 bridgehead atoms. The number of nitro benzene ring substituents is 1. The van der Waals surface area contributed by atoms with Gasteiger partial charge in [0.1, 0.15) is 0 Å². The average molecular weight is 194 g/mol. The fraction of sp³-hybridized carbons (Fsp3) is 0.400. The van der Waals surface area contributed by atoms with Crippen molar-refractivity contribution in [2.45, 2.75) is 12.8 Å². The second-order valence-electron chi connectivity index (χ2n) is 3.09. The maximum atomic E-state index is 10.6. The Hall–Kier alpha value is -1.42. The molecule has 0 fully saturated rings. The van der Waals surface area contributed by atoms with E-state index in [2.05, 4.69) is 5.32 Å². The number of aryl methyl sites for hydroxylation is 1. The number of para-hydroxylation sites is 1. The van der Waals surface area contributed by atoms with E-state index in [0.717, 1.165) is 24.9 Å². The van der Waals surface area contributed by atoms with E-state index in [-0.39, 0.29) is 10.6 Å². The van der Waals surface area contributed by atoms with Crippen LogP contribution in [0.4, 0.5) is 5.69 Å². The molecule has 1 N–H and O–H groups in total. The van der Waals surface area contributed by atoms with Gasteiger partial charge in [-0.2, -0.15) is 0 Å². The first kappa shape index (κ1) is 10.7. The molecule has 0 saturated carbocycles. The van der Waals surface area contributed by atoms with Gasteiger partial charge in [0.05, 0.1) is 4.92 Å². The van der Waals surface area contributed by atoms with E-state index in [1.807, 2.05) is 19.2 Å². The normalized spacial score (nSPS) is 10.1. The largest absolute Gasteiger partial charge is 0.320 e. The SMILES string of the molecule is CNCCCc1ccccc1[N+](=O)[O-]. The second-order valence-corrected chi connectivity index (χ2v) is 3.09. The predicted molar refractivity (Wildman–Crippen MR) is 55.3 cm³/mol. The molecule has 0 spiro atoms. The molecule has 1 rings (SSSR count). The van der Waals surface area contributed by atoms with Gasteiger partial charge in [-0.25, -0.2) is 0 Å². The minimum atomic E-state index is -0.325. The second kappa shape index (κ2) is 5.34. The Balaban J connectivity index is 2.69. The summed E-state index contributed by atoms with van der Waals surface area (Å²) in [6.07, 6.45) is 1.67. The minimum absolute atomic E-state index is 0.226. The molecule has 0 aliphatic rings. The molecule has 0 aliphatic carbocycles. The summed E-state index contributed by atoms with van der Waals surface area (Å²) in [4.78, 5) is 10.3. The topological polar surface area (TPSA) is 55.2 Å². The van der Waals surface area contributed by atoms with E-state index < -0.39 is 0 Å². The first-order valence-electron chi connectivity index (χ1n) is 4.62. The fourth-order valence-corrected chi connectivity index (χ4v) is 1.36. The standard InChI is InChI=1S/C10H14N2O2/c1-11-8-4-6-9-5-2-3-7-10(9)12(13)14/h2-3,5,7,11H,4,6,8H2,1H3. The molecular formula is C10H14N2O2. The van der Waals surface area contributed by atoms with Gasteiger partial charge in [0.15, 0.2) is 0 Å². The molecule has 0 amide bonds. The highest BCUT2D eigenvalue weighted by atomic mass is 16.6. The highest BCUT2D eigenvalue weighted by Crippen LogP contribution is 2.18. The van der Waals surface area contributed by atoms with Crippen LogP contribution in [0.1, 0.15) is 12.0 Å². The highest BCUT2D eigenvalue weighted by Gasteiger charge is 2.10. The Bertz CT molecular complexity index is 313. The predicted octanol–water partition coefficient (Wildman–Crippen LogP) is 1.75. The minimum Gasteiger partial charge on any atom is -0.320 e. The van der Waals surface area contributed by atoms with E-state index in [4.69, 9.17) is 0 Å². The lowest BCUT2D eigenvalue weighted by Crippen LogP contribution is -2.08. The van der Waals surface area contributed by atoms with Crippen LogP contribution in [0.25, 0.3) is 0 Å². The Morgan fingerprint density at radius 1 is 1.43 bits per heavy atom. The van der Waals surface area contributed by atoms with Crippen molar-refractivity contribution in [2.75, 3.05) is 13.6 Å². The summed E-state index contributed by atoms with van der Waals surface area (Å²) in [5.74, 6) is 0. The monoisotopic (exact) mass is 194 g/mol. The summed E-state index contributed by atoms with van der Waals surface area (Å²) < 4.78 is 0. The summed E-state index contributed by atoms with van der Waals surface area (Å²) >= 11 is 0. The van der Waals surface area contributed by atoms with E-state index >= 15 is 0 Å². The summed E-state index contributed by atoms with van der Waals surface area (Å²) in [7, 11) is 1.87. The molecule has 0 aliphatic heterocycles. The molecule has 1 aromatic rings. The van der Waals surface area contributed by atoms with Crippen molar-refractivity contribution in [3.8, 4) is 0 Å². The molecule has 14 heavy (non-hydrogen) atoms. The van der Waals surface area contributed by atoms with Crippen LogP contribution < -0.4 is 5.32 Å². The fourth-order valence-electron chi connectivity index (χ4n) is 1.36. The molecule has 4 heteroatoms. The third kappa shape index (κ3) is 2.81. The average Bonchev–Trinajstić information content (AvgIpc) is 2.19. The van der Waals surface area contributed by atoms with Crippen LogP contribution in [0.15, 0.2) is 24.3 Å². The number of benzene rings is 1. The molecule has 0 heterocycles. The van der Waals surface area contributed by atoms with E-state index in [0.29, 0.717) is 0 Å². The molecule has 0 atom stereocenters. The van der Waals surface area contributed by atoms with Crippen molar-refractivity contribution < 1.29 is 4.92 Å². The van der Waals surface area contributed by atoms with Gasteiger partial charge < -0.3 is 5.32 Å². The lowest BCUT2D eigenvalue weighted by atomic mass is 10.1. The lowest BCUT2D eigenvalue weighted by molar-refractivity contribution is -0.385. The highest BCUT2D eigenvalue weighted by molar-refractivity contribution is 5.39. The zero-order chi connectivity index (χ0) is 10.4. The number of nitrogens with zero attached hydrogens (tertiary/aromatic N) is 1. The number of hydrogen-bond acceptors (Lipinski definition) is 3. The molecule has 0 radical (unpaired) electrons. The van der Waals surface area contributed by atoms with Gasteiger partial charge in [-0.15, -0.1) is 0 Å². The van der Waals surface area contributed by atoms with Crippen LogP contribution in [0.2, 0.25) is 0 Å². The smallest absolute Gasteiger partial charge is 0.272 e. The zero-order valence-corrected chi connectivity index (χ0v) is 8.19. The Morgan fingerprint density at radius 3 is 2.79 bits per heavy atom. The molecule has 76 valence electrons. The Kier molecular flexibility index (Phi) is 4.07. The van der Waals surface area contributed by atoms with Crippen LogP contribution >= 0.6 is 0 Å². The summed E-state index contributed by atoms with van der Waals surface area (Å²) in [5.41, 5.74) is 1.04. The first-order chi connectivity index (χ1) is 6.75. The van der Waals surface area contributed by atoms with Crippen molar-refractivity contribution in [1.29, 1.82) is 0 Å². The van der Waals surface area contributed by atoms with E-state index in [1.165, 1.54) is 0 Å². The quantitative estimate of drug-likeness (QED) is 0.441. The van der Waals surface area contributed by atoms with Gasteiger partial charge in [0.2, 0.25) is 0 Å². The van der Waals surface area contributed by atoms with Crippen LogP contribution in [0.3, 0.4) is 0 Å². The molecule has 0 aromatic heterocycles. The maximum Gasteiger partial charge on any atom is 0.272 e. The lowest BCUT2D eigenvalue weighted by Gasteiger charge is -2.01. The summed E-state index contributed by atoms with van der Waals surface area (Å²) in [5, 5.41) is 13.7. The molecule has 4 nitrogen and oxygen atoms in total. The van der Waals surface area contributed by atoms with Crippen molar-refractivity contribution in [3.05, 3.63) is 39.9 Å². The third-order valence-electron chi connectivity index (χ3n) is 2.06. The van der Waals surface area contributed by atoms with Crippen molar-refractivity contribution in [1.82, 2.24) is 5.32 Å². The molecule has 1 aromatic carbocycles. The van der Waals surface area contributed by atoms with Crippen LogP contribution in [-0.2, 0) is 6.42 Å². The first-order valence-corrected chi connectivity index (χ1v) is 4.62. The number of nitro groups is 1. The van der Waals surface area contributed by atoms with E-state index in [9.17, 15) is 10.1 Å². The van der Waals surface area contributed by atoms with Gasteiger partial charge in [0, 0.05) is 11.6 Å². The zero-order valence-electron chi connectivity index (χ0n) is 8.19. The number of hydrogen-bond donors (Lipinski definition) is 1. The Labute approximate surface area is 83.1 Å². The molecular weight excluding hydrogens is 180 g/mol.